The molecule has 401 valence electrons. The summed E-state index contributed by atoms with van der Waals surface area (Å²) in [6.07, 6.45) is 16.7. The first-order valence-electron chi connectivity index (χ1n) is 28.0. The Morgan fingerprint density at radius 2 is 1.04 bits per heavy atom. The Hall–Kier alpha value is -4.40. The van der Waals surface area contributed by atoms with Gasteiger partial charge in [-0.3, -0.25) is 0 Å². The number of allylic oxidation sites excluding steroid dienone is 7. The van der Waals surface area contributed by atoms with Crippen molar-refractivity contribution in [3.05, 3.63) is 171 Å². The maximum absolute atomic E-state index is 17.8. The third-order valence-electron chi connectivity index (χ3n) is 16.9. The normalized spacial score (nSPS) is 16.5. The Morgan fingerprint density at radius 3 is 1.49 bits per heavy atom. The first-order chi connectivity index (χ1) is 38.7. The van der Waals surface area contributed by atoms with Crippen molar-refractivity contribution in [1.82, 2.24) is 8.75 Å². The fourth-order valence-electron chi connectivity index (χ4n) is 13.8. The molecule has 0 amide bonds. The minimum absolute atomic E-state index is 0.256. The van der Waals surface area contributed by atoms with E-state index < -0.39 is 35.0 Å². The van der Waals surface area contributed by atoms with Crippen molar-refractivity contribution in [2.24, 2.45) is 0 Å². The molecule has 79 heavy (non-hydrogen) atoms. The summed E-state index contributed by atoms with van der Waals surface area (Å²) < 4.78 is 49.3. The zero-order valence-electron chi connectivity index (χ0n) is 45.5. The predicted molar refractivity (Wildman–Crippen MR) is 347 cm³/mol. The molecular formula is C66H63F2N2OsPS5Si2+. The molecule has 0 bridgehead atoms. The van der Waals surface area contributed by atoms with Crippen LogP contribution in [0.3, 0.4) is 0 Å². The van der Waals surface area contributed by atoms with Gasteiger partial charge in [-0.2, -0.15) is 4.37 Å². The van der Waals surface area contributed by atoms with Gasteiger partial charge in [0.25, 0.3) is 0 Å². The van der Waals surface area contributed by atoms with Gasteiger partial charge in [-0.25, -0.2) is 4.39 Å². The van der Waals surface area contributed by atoms with Gasteiger partial charge in [-0.15, -0.1) is 22.7 Å². The molecule has 7 heterocycles. The van der Waals surface area contributed by atoms with E-state index in [1.54, 1.807) is 22.7 Å². The van der Waals surface area contributed by atoms with Crippen LogP contribution in [0.25, 0.3) is 63.1 Å². The average Bonchev–Trinajstić information content (AvgIpc) is 3.84. The molecule has 1 fully saturated rings. The molecule has 13 heteroatoms. The fraction of sp³-hybridized carbons (Fsp3) is 0.258. The van der Waals surface area contributed by atoms with Gasteiger partial charge in [-0.05, 0) is 47.6 Å². The van der Waals surface area contributed by atoms with Crippen LogP contribution in [-0.4, -0.2) is 24.9 Å². The Balaban J connectivity index is 1.06. The van der Waals surface area contributed by atoms with Gasteiger partial charge >= 0.3 is 345 Å². The van der Waals surface area contributed by atoms with Gasteiger partial charge in [0.05, 0.1) is 17.3 Å². The summed E-state index contributed by atoms with van der Waals surface area (Å²) in [5.41, 5.74) is 5.54. The summed E-state index contributed by atoms with van der Waals surface area (Å²) in [7, 11) is -7.17. The van der Waals surface area contributed by atoms with Crippen LogP contribution in [0.4, 0.5) is 8.78 Å². The molecule has 1 aliphatic carbocycles. The number of benzene rings is 4. The molecule has 3 aliphatic rings. The first kappa shape index (κ1) is 55.2. The zero-order valence-corrected chi connectivity index (χ0v) is 55.1. The van der Waals surface area contributed by atoms with Crippen LogP contribution >= 0.6 is 64.3 Å². The summed E-state index contributed by atoms with van der Waals surface area (Å²) in [6.45, 7) is 13.5. The van der Waals surface area contributed by atoms with E-state index in [0.717, 1.165) is 90.6 Å². The summed E-state index contributed by atoms with van der Waals surface area (Å²) in [5.74, 6) is -1.63. The number of nitrogens with zero attached hydrogens (tertiary/aromatic N) is 2. The number of fused-ring (bicyclic) bond motifs is 7. The van der Waals surface area contributed by atoms with E-state index in [9.17, 15) is 0 Å². The molecule has 2 aliphatic heterocycles. The Bertz CT molecular complexity index is 3860. The quantitative estimate of drug-likeness (QED) is 0.0671. The maximum atomic E-state index is 17.8. The molecule has 5 aromatic heterocycles. The number of hydrogen-bond donors (Lipinski definition) is 0. The Kier molecular flexibility index (Phi) is 15.9. The molecule has 4 aromatic carbocycles. The number of aromatic nitrogens is 2. The van der Waals surface area contributed by atoms with Crippen LogP contribution in [0.1, 0.15) is 96.2 Å². The van der Waals surface area contributed by atoms with Crippen LogP contribution in [-0.2, 0) is 17.9 Å². The van der Waals surface area contributed by atoms with Gasteiger partial charge in [0.1, 0.15) is 8.07 Å². The number of hydrogen-bond acceptors (Lipinski definition) is 7. The molecule has 0 spiro atoms. The van der Waals surface area contributed by atoms with Crippen LogP contribution < -0.4 is 36.7 Å². The summed E-state index contributed by atoms with van der Waals surface area (Å²) in [4.78, 5) is 9.17. The van der Waals surface area contributed by atoms with Gasteiger partial charge < -0.3 is 0 Å². The second-order valence-electron chi connectivity index (χ2n) is 21.3. The van der Waals surface area contributed by atoms with Gasteiger partial charge in [0.2, 0.25) is 0 Å². The van der Waals surface area contributed by atoms with E-state index >= 15 is 8.78 Å². The van der Waals surface area contributed by atoms with E-state index in [1.807, 2.05) is 40.6 Å². The molecule has 0 unspecified atom stereocenters. The standard InChI is InChI=1S/C66H63F2N2PS5Si2.Os/c1-8-24-48-38-53-63(72-48)64-55(77(53,33-9-2)34-10-3)40-51(74-64)57-59(67)60(68)58(62-61(57)69-76-70-62)52-41-56-66(75-52)65-54(78(56,35-11-4)36-12-5)39-50(73-65)49(37-44-26-23-25-43(44)13-6)42(7)71(45-27-17-14-18-28-45,46-29-19-15-20-30-46)47-31-21-16-22-32-47;/h8,13-22,24,27-32,37-41H,9-12,23,25-26,33-36H2,1-6H3;/q+1;/b24-8+,43-13?,44-37?,49-42?;. The van der Waals surface area contributed by atoms with Gasteiger partial charge in [0, 0.05) is 19.5 Å². The fourth-order valence-corrected chi connectivity index (χ4v) is 39.2. The third kappa shape index (κ3) is 8.84. The summed E-state index contributed by atoms with van der Waals surface area (Å²) in [6, 6.07) is 47.6. The molecule has 0 atom stereocenters. The van der Waals surface area contributed by atoms with Crippen molar-refractivity contribution in [2.75, 3.05) is 0 Å². The van der Waals surface area contributed by atoms with E-state index in [2.05, 4.69) is 185 Å². The van der Waals surface area contributed by atoms with Crippen molar-refractivity contribution >= 4 is 140 Å². The topological polar surface area (TPSA) is 25.8 Å². The molecule has 9 aromatic rings. The first-order valence-corrected chi connectivity index (χ1v) is 39.9. The average molecular weight is 1360 g/mol. The van der Waals surface area contributed by atoms with Crippen molar-refractivity contribution in [3.8, 4) is 44.8 Å². The number of halogens is 2. The molecule has 0 radical (unpaired) electrons. The van der Waals surface area contributed by atoms with Crippen molar-refractivity contribution in [1.29, 1.82) is 0 Å². The van der Waals surface area contributed by atoms with E-state index in [1.165, 1.54) is 88.0 Å². The van der Waals surface area contributed by atoms with Crippen LogP contribution in [0, 0.1) is 16.0 Å². The molecule has 0 N–H and O–H groups in total. The SMILES string of the molecule is CC=C1CCCC1=CC(=C([C]#[Os])[P+](c1ccccc1)(c1ccccc1)c1ccccc1)c1cc2c(s1)-c1sc(-c3c(F)c(F)c(-c4cc5c(s4)-c4sc(/C=C/C)cc4[Si]5(CCC)CCC)c4nsnc34)cc1[Si]2(CCC)CCC. The number of thiophene rings is 4. The molecule has 12 rings (SSSR count). The van der Waals surface area contributed by atoms with Crippen LogP contribution in [0.2, 0.25) is 24.2 Å². The molecule has 2 nitrogen and oxygen atoms in total. The van der Waals surface area contributed by atoms with Crippen molar-refractivity contribution in [2.45, 2.75) is 111 Å². The second-order valence-corrected chi connectivity index (χ2v) is 38.5. The Labute approximate surface area is 497 Å². The minimum atomic E-state index is -2.57. The van der Waals surface area contributed by atoms with Crippen LogP contribution in [0.15, 0.2) is 150 Å². The van der Waals surface area contributed by atoms with Crippen molar-refractivity contribution in [3.63, 3.8) is 0 Å². The number of rotatable bonds is 17. The van der Waals surface area contributed by atoms with Gasteiger partial charge in [-0.1, -0.05) is 32.8 Å². The summed E-state index contributed by atoms with van der Waals surface area (Å²) >= 11 is 9.96. The van der Waals surface area contributed by atoms with E-state index in [-0.39, 0.29) is 11.1 Å². The van der Waals surface area contributed by atoms with E-state index in [0.29, 0.717) is 11.0 Å². The van der Waals surface area contributed by atoms with Gasteiger partial charge in [0.15, 0.2) is 0 Å². The molecular weight excluding hydrogens is 1300 g/mol. The summed E-state index contributed by atoms with van der Waals surface area (Å²) in [5, 5.41) is 11.0. The predicted octanol–water partition coefficient (Wildman–Crippen LogP) is 17.6. The molecule has 0 saturated heterocycles. The van der Waals surface area contributed by atoms with Crippen molar-refractivity contribution < 1.29 is 26.7 Å². The van der Waals surface area contributed by atoms with E-state index in [4.69, 9.17) is 8.75 Å². The second kappa shape index (κ2) is 22.7. The molecule has 1 saturated carbocycles. The third-order valence-corrected chi connectivity index (χ3v) is 39.5. The van der Waals surface area contributed by atoms with Crippen LogP contribution in [0.5, 0.6) is 0 Å². The zero-order chi connectivity index (χ0) is 54.6. The Morgan fingerprint density at radius 1 is 0.595 bits per heavy atom. The monoisotopic (exact) mass is 1360 g/mol.